The van der Waals surface area contributed by atoms with Crippen LogP contribution in [0, 0.1) is 5.92 Å². The maximum atomic E-state index is 12.6. The topological polar surface area (TPSA) is 54.6 Å². The van der Waals surface area contributed by atoms with Gasteiger partial charge in [0.25, 0.3) is 0 Å². The van der Waals surface area contributed by atoms with Crippen molar-refractivity contribution in [3.05, 3.63) is 35.5 Å². The zero-order valence-electron chi connectivity index (χ0n) is 13.1. The number of rotatable bonds is 1. The Kier molecular flexibility index (Phi) is 2.85. The molecule has 4 atom stereocenters. The average Bonchev–Trinajstić information content (AvgIpc) is 3.15. The van der Waals surface area contributed by atoms with E-state index in [1.54, 1.807) is 7.11 Å². The molecule has 1 aromatic carbocycles. The van der Waals surface area contributed by atoms with Gasteiger partial charge < -0.3 is 19.4 Å². The van der Waals surface area contributed by atoms with Crippen molar-refractivity contribution >= 4 is 16.8 Å². The molecule has 2 saturated heterocycles. The molecule has 120 valence electrons. The standard InChI is InChI=1S/C18H20N2O3/c1-22-15-9-10-8-14(21)20-7-6-12-11-4-2-3-5-13(11)19-16(12)17(20)18(10)23-15/h2-5,10,15,17-19H,6-9H2,1H3/t10-,15+,17+,18-/m0/s1. The van der Waals surface area contributed by atoms with Crippen LogP contribution in [0.15, 0.2) is 24.3 Å². The highest BCUT2D eigenvalue weighted by Gasteiger charge is 2.51. The van der Waals surface area contributed by atoms with Gasteiger partial charge in [-0.2, -0.15) is 0 Å². The molecule has 2 fully saturated rings. The number of para-hydroxylation sites is 1. The summed E-state index contributed by atoms with van der Waals surface area (Å²) in [7, 11) is 1.68. The van der Waals surface area contributed by atoms with Crippen molar-refractivity contribution in [1.29, 1.82) is 0 Å². The number of methoxy groups -OCH3 is 1. The monoisotopic (exact) mass is 312 g/mol. The molecule has 5 heteroatoms. The predicted octanol–water partition coefficient (Wildman–Crippen LogP) is 2.38. The molecular weight excluding hydrogens is 292 g/mol. The first-order valence-corrected chi connectivity index (χ1v) is 8.33. The number of H-pyrrole nitrogens is 1. The number of nitrogens with zero attached hydrogens (tertiary/aromatic N) is 1. The Morgan fingerprint density at radius 3 is 3.09 bits per heavy atom. The smallest absolute Gasteiger partial charge is 0.223 e. The van der Waals surface area contributed by atoms with Crippen LogP contribution in [0.1, 0.15) is 30.1 Å². The molecule has 3 aliphatic heterocycles. The van der Waals surface area contributed by atoms with Crippen LogP contribution >= 0.6 is 0 Å². The molecule has 4 heterocycles. The molecular formula is C18H20N2O3. The fraction of sp³-hybridized carbons (Fsp3) is 0.500. The van der Waals surface area contributed by atoms with Crippen LogP contribution in [-0.4, -0.2) is 41.8 Å². The van der Waals surface area contributed by atoms with Crippen molar-refractivity contribution < 1.29 is 14.3 Å². The number of amides is 1. The van der Waals surface area contributed by atoms with E-state index in [1.165, 1.54) is 10.9 Å². The maximum absolute atomic E-state index is 12.6. The summed E-state index contributed by atoms with van der Waals surface area (Å²) >= 11 is 0. The second-order valence-electron chi connectivity index (χ2n) is 6.81. The predicted molar refractivity (Wildman–Crippen MR) is 84.9 cm³/mol. The van der Waals surface area contributed by atoms with Crippen molar-refractivity contribution in [1.82, 2.24) is 9.88 Å². The minimum absolute atomic E-state index is 0.00227. The molecule has 5 nitrogen and oxygen atoms in total. The average molecular weight is 312 g/mol. The number of hydrogen-bond acceptors (Lipinski definition) is 3. The minimum atomic E-state index is -0.187. The molecule has 0 spiro atoms. The molecule has 23 heavy (non-hydrogen) atoms. The normalized spacial score (nSPS) is 32.7. The van der Waals surface area contributed by atoms with E-state index in [2.05, 4.69) is 23.2 Å². The molecule has 2 aromatic rings. The van der Waals surface area contributed by atoms with Crippen LogP contribution in [0.3, 0.4) is 0 Å². The first-order chi connectivity index (χ1) is 11.3. The van der Waals surface area contributed by atoms with Crippen LogP contribution in [0.2, 0.25) is 0 Å². The summed E-state index contributed by atoms with van der Waals surface area (Å²) in [5.74, 6) is 0.506. The van der Waals surface area contributed by atoms with E-state index in [0.717, 1.165) is 30.6 Å². The number of hydrogen-bond donors (Lipinski definition) is 1. The lowest BCUT2D eigenvalue weighted by molar-refractivity contribution is -0.160. The van der Waals surface area contributed by atoms with E-state index in [-0.39, 0.29) is 30.3 Å². The number of fused-ring (bicyclic) bond motifs is 7. The summed E-state index contributed by atoms with van der Waals surface area (Å²) < 4.78 is 11.6. The Morgan fingerprint density at radius 2 is 2.22 bits per heavy atom. The van der Waals surface area contributed by atoms with E-state index in [4.69, 9.17) is 9.47 Å². The number of carbonyl (C=O) groups excluding carboxylic acids is 1. The van der Waals surface area contributed by atoms with Gasteiger partial charge in [0.05, 0.1) is 12.1 Å². The SMILES string of the molecule is CO[C@H]1C[C@@H]2CC(=O)N3CCc4c([nH]c5ccccc45)[C@@H]3[C@H]2O1. The third-order valence-corrected chi connectivity index (χ3v) is 5.68. The number of piperidine rings is 1. The van der Waals surface area contributed by atoms with Gasteiger partial charge in [0.2, 0.25) is 5.91 Å². The van der Waals surface area contributed by atoms with Crippen molar-refractivity contribution in [2.24, 2.45) is 5.92 Å². The number of nitrogens with one attached hydrogen (secondary N) is 1. The number of aromatic amines is 1. The Morgan fingerprint density at radius 1 is 1.35 bits per heavy atom. The molecule has 0 aliphatic carbocycles. The van der Waals surface area contributed by atoms with Gasteiger partial charge in [-0.15, -0.1) is 0 Å². The summed E-state index contributed by atoms with van der Waals surface area (Å²) in [6.07, 6.45) is 2.15. The Hall–Kier alpha value is -1.85. The Bertz CT molecular complexity index is 784. The number of carbonyl (C=O) groups is 1. The van der Waals surface area contributed by atoms with E-state index in [1.807, 2.05) is 11.0 Å². The van der Waals surface area contributed by atoms with E-state index in [9.17, 15) is 4.79 Å². The quantitative estimate of drug-likeness (QED) is 0.879. The van der Waals surface area contributed by atoms with Gasteiger partial charge in [-0.25, -0.2) is 0 Å². The zero-order chi connectivity index (χ0) is 15.6. The fourth-order valence-corrected chi connectivity index (χ4v) is 4.64. The third kappa shape index (κ3) is 1.83. The van der Waals surface area contributed by atoms with Crippen LogP contribution < -0.4 is 0 Å². The van der Waals surface area contributed by atoms with Crippen LogP contribution in [0.4, 0.5) is 0 Å². The molecule has 0 radical (unpaired) electrons. The first kappa shape index (κ1) is 13.6. The lowest BCUT2D eigenvalue weighted by atomic mass is 9.82. The van der Waals surface area contributed by atoms with Gasteiger partial charge in [-0.1, -0.05) is 18.2 Å². The number of ether oxygens (including phenoxy) is 2. The van der Waals surface area contributed by atoms with E-state index in [0.29, 0.717) is 6.42 Å². The van der Waals surface area contributed by atoms with Crippen LogP contribution in [-0.2, 0) is 20.7 Å². The maximum Gasteiger partial charge on any atom is 0.223 e. The lowest BCUT2D eigenvalue weighted by Crippen LogP contribution is -2.51. The Labute approximate surface area is 134 Å². The molecule has 0 bridgehead atoms. The molecule has 1 aromatic heterocycles. The first-order valence-electron chi connectivity index (χ1n) is 8.33. The molecule has 0 saturated carbocycles. The molecule has 1 N–H and O–H groups in total. The molecule has 0 unspecified atom stereocenters. The van der Waals surface area contributed by atoms with Crippen molar-refractivity contribution in [2.45, 2.75) is 37.7 Å². The van der Waals surface area contributed by atoms with E-state index < -0.39 is 0 Å². The van der Waals surface area contributed by atoms with E-state index >= 15 is 0 Å². The summed E-state index contributed by atoms with van der Waals surface area (Å²) in [6, 6.07) is 8.38. The Balaban J connectivity index is 1.64. The van der Waals surface area contributed by atoms with Gasteiger partial charge >= 0.3 is 0 Å². The number of aromatic nitrogens is 1. The van der Waals surface area contributed by atoms with Gasteiger partial charge in [0.1, 0.15) is 0 Å². The summed E-state index contributed by atoms with van der Waals surface area (Å²) in [5.41, 5.74) is 3.66. The second kappa shape index (κ2) is 4.82. The van der Waals surface area contributed by atoms with Gasteiger partial charge in [0, 0.05) is 49.0 Å². The lowest BCUT2D eigenvalue weighted by Gasteiger charge is -2.44. The van der Waals surface area contributed by atoms with Crippen molar-refractivity contribution in [3.63, 3.8) is 0 Å². The second-order valence-corrected chi connectivity index (χ2v) is 6.81. The van der Waals surface area contributed by atoms with Crippen molar-refractivity contribution in [3.8, 4) is 0 Å². The number of benzene rings is 1. The highest BCUT2D eigenvalue weighted by atomic mass is 16.7. The van der Waals surface area contributed by atoms with Gasteiger partial charge in [-0.05, 0) is 18.1 Å². The highest BCUT2D eigenvalue weighted by molar-refractivity contribution is 5.86. The third-order valence-electron chi connectivity index (χ3n) is 5.68. The fourth-order valence-electron chi connectivity index (χ4n) is 4.64. The highest BCUT2D eigenvalue weighted by Crippen LogP contribution is 2.47. The summed E-state index contributed by atoms with van der Waals surface area (Å²) in [5, 5.41) is 1.28. The van der Waals surface area contributed by atoms with Crippen molar-refractivity contribution in [2.75, 3.05) is 13.7 Å². The molecule has 5 rings (SSSR count). The molecule has 1 amide bonds. The minimum Gasteiger partial charge on any atom is -0.356 e. The molecule has 3 aliphatic rings. The van der Waals surface area contributed by atoms with Crippen LogP contribution in [0.25, 0.3) is 10.9 Å². The van der Waals surface area contributed by atoms with Gasteiger partial charge in [-0.3, -0.25) is 4.79 Å². The summed E-state index contributed by atoms with van der Waals surface area (Å²) in [4.78, 5) is 18.2. The summed E-state index contributed by atoms with van der Waals surface area (Å²) in [6.45, 7) is 0.780. The largest absolute Gasteiger partial charge is 0.356 e. The zero-order valence-corrected chi connectivity index (χ0v) is 13.1. The van der Waals surface area contributed by atoms with Gasteiger partial charge in [0.15, 0.2) is 6.29 Å². The van der Waals surface area contributed by atoms with Crippen LogP contribution in [0.5, 0.6) is 0 Å².